The Hall–Kier alpha value is -3.03. The number of carboxylic acids is 1. The molecule has 2 amide bonds. The topological polar surface area (TPSA) is 116 Å². The van der Waals surface area contributed by atoms with Crippen molar-refractivity contribution in [3.63, 3.8) is 0 Å². The summed E-state index contributed by atoms with van der Waals surface area (Å²) in [7, 11) is 1.76. The summed E-state index contributed by atoms with van der Waals surface area (Å²) >= 11 is 0. The number of aromatic carboxylic acids is 1. The fourth-order valence-electron chi connectivity index (χ4n) is 1.73. The number of urea groups is 1. The molecule has 0 aliphatic heterocycles. The molecule has 0 bridgehead atoms. The van der Waals surface area contributed by atoms with E-state index in [1.54, 1.807) is 24.1 Å². The lowest BCUT2D eigenvalue weighted by Gasteiger charge is -2.09. The number of phenols is 1. The molecule has 0 aliphatic carbocycles. The van der Waals surface area contributed by atoms with Gasteiger partial charge in [-0.25, -0.2) is 9.59 Å². The Morgan fingerprint density at radius 3 is 2.76 bits per heavy atom. The first kappa shape index (κ1) is 14.4. The monoisotopic (exact) mass is 290 g/mol. The molecule has 0 spiro atoms. The Morgan fingerprint density at radius 2 is 2.14 bits per heavy atom. The maximum atomic E-state index is 11.7. The molecule has 4 N–H and O–H groups in total. The van der Waals surface area contributed by atoms with E-state index in [1.807, 2.05) is 0 Å². The zero-order valence-corrected chi connectivity index (χ0v) is 11.2. The first-order chi connectivity index (χ1) is 9.95. The summed E-state index contributed by atoms with van der Waals surface area (Å²) in [5.74, 6) is -1.43. The SMILES string of the molecule is Cn1cc(CNC(=O)Nc2ccc(O)cc2C(=O)O)cn1. The average molecular weight is 290 g/mol. The first-order valence-corrected chi connectivity index (χ1v) is 6.04. The Balaban J connectivity index is 2.01. The number of carbonyl (C=O) groups excluding carboxylic acids is 1. The normalized spacial score (nSPS) is 10.1. The van der Waals surface area contributed by atoms with Gasteiger partial charge in [0.25, 0.3) is 0 Å². The molecule has 0 fully saturated rings. The molecular formula is C13H14N4O4. The lowest BCUT2D eigenvalue weighted by molar-refractivity contribution is 0.0697. The van der Waals surface area contributed by atoms with Crippen LogP contribution >= 0.6 is 0 Å². The number of nitrogens with zero attached hydrogens (tertiary/aromatic N) is 2. The number of rotatable bonds is 4. The van der Waals surface area contributed by atoms with Crippen LogP contribution in [0, 0.1) is 0 Å². The molecule has 8 nitrogen and oxygen atoms in total. The van der Waals surface area contributed by atoms with Crippen molar-refractivity contribution in [3.8, 4) is 5.75 Å². The lowest BCUT2D eigenvalue weighted by Crippen LogP contribution is -2.28. The number of benzene rings is 1. The molecule has 1 aromatic carbocycles. The van der Waals surface area contributed by atoms with Crippen LogP contribution in [0.5, 0.6) is 5.75 Å². The lowest BCUT2D eigenvalue weighted by atomic mass is 10.1. The molecule has 0 radical (unpaired) electrons. The van der Waals surface area contributed by atoms with E-state index >= 15 is 0 Å². The number of nitrogens with one attached hydrogen (secondary N) is 2. The molecule has 1 aromatic heterocycles. The maximum Gasteiger partial charge on any atom is 0.337 e. The summed E-state index contributed by atoms with van der Waals surface area (Å²) in [4.78, 5) is 22.8. The van der Waals surface area contributed by atoms with Crippen molar-refractivity contribution < 1.29 is 19.8 Å². The molecule has 0 saturated heterocycles. The predicted molar refractivity (Wildman–Crippen MR) is 74.1 cm³/mol. The number of amides is 2. The van der Waals surface area contributed by atoms with Crippen molar-refractivity contribution in [1.29, 1.82) is 0 Å². The van der Waals surface area contributed by atoms with Crippen molar-refractivity contribution in [2.45, 2.75) is 6.54 Å². The zero-order valence-electron chi connectivity index (χ0n) is 11.2. The molecule has 2 rings (SSSR count). The summed E-state index contributed by atoms with van der Waals surface area (Å²) in [6.07, 6.45) is 3.37. The Bertz CT molecular complexity index is 681. The van der Waals surface area contributed by atoms with Gasteiger partial charge in [0.1, 0.15) is 5.75 Å². The number of carboxylic acid groups (broad SMARTS) is 1. The summed E-state index contributed by atoms with van der Waals surface area (Å²) < 4.78 is 1.61. The fourth-order valence-corrected chi connectivity index (χ4v) is 1.73. The quantitative estimate of drug-likeness (QED) is 0.630. The number of phenolic OH excluding ortho intramolecular Hbond substituents is 1. The number of aromatic hydroxyl groups is 1. The van der Waals surface area contributed by atoms with Gasteiger partial charge in [-0.05, 0) is 18.2 Å². The van der Waals surface area contributed by atoms with E-state index in [-0.39, 0.29) is 23.5 Å². The zero-order chi connectivity index (χ0) is 15.4. The van der Waals surface area contributed by atoms with Crippen LogP contribution in [0.15, 0.2) is 30.6 Å². The second-order valence-electron chi connectivity index (χ2n) is 4.36. The van der Waals surface area contributed by atoms with Gasteiger partial charge < -0.3 is 20.8 Å². The highest BCUT2D eigenvalue weighted by Crippen LogP contribution is 2.21. The average Bonchev–Trinajstić information content (AvgIpc) is 2.84. The van der Waals surface area contributed by atoms with Crippen LogP contribution in [0.4, 0.5) is 10.5 Å². The maximum absolute atomic E-state index is 11.7. The summed E-state index contributed by atoms with van der Waals surface area (Å²) in [5.41, 5.74) is 0.729. The van der Waals surface area contributed by atoms with Crippen LogP contribution in [0.2, 0.25) is 0 Å². The highest BCUT2D eigenvalue weighted by atomic mass is 16.4. The number of carbonyl (C=O) groups is 2. The van der Waals surface area contributed by atoms with Gasteiger partial charge in [0.2, 0.25) is 0 Å². The third-order valence-electron chi connectivity index (χ3n) is 2.69. The minimum Gasteiger partial charge on any atom is -0.508 e. The molecule has 0 atom stereocenters. The van der Waals surface area contributed by atoms with Gasteiger partial charge in [-0.3, -0.25) is 4.68 Å². The Kier molecular flexibility index (Phi) is 4.07. The van der Waals surface area contributed by atoms with Gasteiger partial charge in [0.15, 0.2) is 0 Å². The number of hydrogen-bond acceptors (Lipinski definition) is 4. The molecule has 8 heteroatoms. The Morgan fingerprint density at radius 1 is 1.38 bits per heavy atom. The highest BCUT2D eigenvalue weighted by Gasteiger charge is 2.13. The van der Waals surface area contributed by atoms with Crippen molar-refractivity contribution in [2.24, 2.45) is 7.05 Å². The van der Waals surface area contributed by atoms with Gasteiger partial charge in [-0.2, -0.15) is 5.10 Å². The van der Waals surface area contributed by atoms with Crippen LogP contribution in [0.1, 0.15) is 15.9 Å². The molecule has 21 heavy (non-hydrogen) atoms. The van der Waals surface area contributed by atoms with Crippen LogP contribution in [0.25, 0.3) is 0 Å². The van der Waals surface area contributed by atoms with Crippen LogP contribution in [-0.2, 0) is 13.6 Å². The second-order valence-corrected chi connectivity index (χ2v) is 4.36. The predicted octanol–water partition coefficient (Wildman–Crippen LogP) is 1.15. The number of aryl methyl sites for hydroxylation is 1. The standard InChI is InChI=1S/C13H14N4O4/c1-17-7-8(6-15-17)5-14-13(21)16-11-3-2-9(18)4-10(11)12(19)20/h2-4,6-7,18H,5H2,1H3,(H,19,20)(H2,14,16,21). The number of hydrogen-bond donors (Lipinski definition) is 4. The molecule has 2 aromatic rings. The summed E-state index contributed by atoms with van der Waals surface area (Å²) in [6.45, 7) is 0.264. The minimum atomic E-state index is -1.24. The van der Waals surface area contributed by atoms with Crippen LogP contribution < -0.4 is 10.6 Å². The second kappa shape index (κ2) is 5.95. The van der Waals surface area contributed by atoms with E-state index in [4.69, 9.17) is 5.11 Å². The van der Waals surface area contributed by atoms with Crippen molar-refractivity contribution in [1.82, 2.24) is 15.1 Å². The van der Waals surface area contributed by atoms with Gasteiger partial charge in [-0.15, -0.1) is 0 Å². The largest absolute Gasteiger partial charge is 0.508 e. The van der Waals surface area contributed by atoms with Crippen molar-refractivity contribution in [3.05, 3.63) is 41.7 Å². The van der Waals surface area contributed by atoms with Gasteiger partial charge in [0, 0.05) is 25.4 Å². The summed E-state index contributed by atoms with van der Waals surface area (Å²) in [6, 6.07) is 3.14. The van der Waals surface area contributed by atoms with E-state index in [0.717, 1.165) is 11.6 Å². The first-order valence-electron chi connectivity index (χ1n) is 6.04. The minimum absolute atomic E-state index is 0.101. The van der Waals surface area contributed by atoms with E-state index in [1.165, 1.54) is 12.1 Å². The summed E-state index contributed by atoms with van der Waals surface area (Å²) in [5, 5.41) is 27.3. The van der Waals surface area contributed by atoms with Gasteiger partial charge in [0.05, 0.1) is 17.4 Å². The molecular weight excluding hydrogens is 276 g/mol. The van der Waals surface area contributed by atoms with Crippen molar-refractivity contribution >= 4 is 17.7 Å². The van der Waals surface area contributed by atoms with E-state index in [9.17, 15) is 14.7 Å². The molecule has 0 unspecified atom stereocenters. The molecule has 0 saturated carbocycles. The number of aromatic nitrogens is 2. The van der Waals surface area contributed by atoms with Crippen molar-refractivity contribution in [2.75, 3.05) is 5.32 Å². The van der Waals surface area contributed by atoms with E-state index in [2.05, 4.69) is 15.7 Å². The number of anilines is 1. The van der Waals surface area contributed by atoms with Crippen LogP contribution in [-0.4, -0.2) is 32.0 Å². The third kappa shape index (κ3) is 3.72. The Labute approximate surface area is 120 Å². The van der Waals surface area contributed by atoms with Crippen LogP contribution in [0.3, 0.4) is 0 Å². The molecule has 1 heterocycles. The molecule has 0 aliphatic rings. The molecule has 110 valence electrons. The van der Waals surface area contributed by atoms with E-state index < -0.39 is 12.0 Å². The highest BCUT2D eigenvalue weighted by molar-refractivity contribution is 6.00. The smallest absolute Gasteiger partial charge is 0.337 e. The van der Waals surface area contributed by atoms with Gasteiger partial charge in [-0.1, -0.05) is 0 Å². The van der Waals surface area contributed by atoms with Gasteiger partial charge >= 0.3 is 12.0 Å². The van der Waals surface area contributed by atoms with E-state index in [0.29, 0.717) is 0 Å². The fraction of sp³-hybridized carbons (Fsp3) is 0.154. The third-order valence-corrected chi connectivity index (χ3v) is 2.69.